The van der Waals surface area contributed by atoms with Gasteiger partial charge in [-0.1, -0.05) is 23.2 Å². The Hall–Kier alpha value is -2.37. The monoisotopic (exact) mass is 362 g/mol. The Kier molecular flexibility index (Phi) is 4.55. The second-order valence-corrected chi connectivity index (χ2v) is 6.09. The van der Waals surface area contributed by atoms with Crippen LogP contribution in [0.1, 0.15) is 31.1 Å². The number of nitrogens with zero attached hydrogens (tertiary/aromatic N) is 1. The van der Waals surface area contributed by atoms with Crippen LogP contribution in [0.2, 0.25) is 10.0 Å². The fourth-order valence-corrected chi connectivity index (χ4v) is 2.75. The van der Waals surface area contributed by atoms with E-state index in [1.807, 2.05) is 0 Å². The van der Waals surface area contributed by atoms with Crippen LogP contribution in [0.15, 0.2) is 42.5 Å². The summed E-state index contributed by atoms with van der Waals surface area (Å²) in [6.07, 6.45) is 0. The van der Waals surface area contributed by atoms with Gasteiger partial charge in [0.15, 0.2) is 0 Å². The normalized spacial score (nSPS) is 13.2. The number of rotatable bonds is 4. The molecule has 0 aliphatic carbocycles. The molecule has 1 aliphatic heterocycles. The number of hydrogen-bond donors (Lipinski definition) is 1. The van der Waals surface area contributed by atoms with Gasteiger partial charge in [0, 0.05) is 28.7 Å². The number of nitrogens with one attached hydrogen (secondary N) is 1. The van der Waals surface area contributed by atoms with E-state index in [2.05, 4.69) is 5.32 Å². The van der Waals surface area contributed by atoms with Crippen LogP contribution < -0.4 is 5.32 Å². The summed E-state index contributed by atoms with van der Waals surface area (Å²) in [6.45, 7) is 0.240. The minimum Gasteiger partial charge on any atom is -0.350 e. The molecule has 3 rings (SSSR count). The SMILES string of the molecule is O=C(NCCN1C(=O)c2ccc(Cl)cc2C1=O)c1ccc(Cl)cc1. The highest BCUT2D eigenvalue weighted by atomic mass is 35.5. The summed E-state index contributed by atoms with van der Waals surface area (Å²) >= 11 is 11.6. The van der Waals surface area contributed by atoms with Gasteiger partial charge in [0.1, 0.15) is 0 Å². The molecule has 0 radical (unpaired) electrons. The van der Waals surface area contributed by atoms with Gasteiger partial charge >= 0.3 is 0 Å². The Morgan fingerprint density at radius 2 is 1.54 bits per heavy atom. The van der Waals surface area contributed by atoms with Crippen LogP contribution in [0.25, 0.3) is 0 Å². The Bertz CT molecular complexity index is 834. The van der Waals surface area contributed by atoms with Gasteiger partial charge in [-0.25, -0.2) is 0 Å². The molecule has 1 aliphatic rings. The summed E-state index contributed by atoms with van der Waals surface area (Å²) in [6, 6.07) is 11.0. The lowest BCUT2D eigenvalue weighted by Gasteiger charge is -2.14. The first-order valence-electron chi connectivity index (χ1n) is 7.17. The van der Waals surface area contributed by atoms with Crippen LogP contribution in [-0.2, 0) is 0 Å². The van der Waals surface area contributed by atoms with Gasteiger partial charge in [-0.05, 0) is 42.5 Å². The van der Waals surface area contributed by atoms with E-state index in [0.29, 0.717) is 21.2 Å². The maximum absolute atomic E-state index is 12.3. The van der Waals surface area contributed by atoms with Crippen molar-refractivity contribution in [3.63, 3.8) is 0 Å². The van der Waals surface area contributed by atoms with Gasteiger partial charge in [-0.15, -0.1) is 0 Å². The van der Waals surface area contributed by atoms with E-state index < -0.39 is 5.91 Å². The summed E-state index contributed by atoms with van der Waals surface area (Å²) in [5.41, 5.74) is 1.07. The molecule has 1 heterocycles. The lowest BCUT2D eigenvalue weighted by molar-refractivity contribution is 0.0650. The number of carbonyl (C=O) groups excluding carboxylic acids is 3. The molecule has 0 unspecified atom stereocenters. The zero-order valence-electron chi connectivity index (χ0n) is 12.4. The minimum absolute atomic E-state index is 0.0866. The van der Waals surface area contributed by atoms with E-state index in [-0.39, 0.29) is 30.5 Å². The zero-order chi connectivity index (χ0) is 17.3. The molecule has 0 spiro atoms. The molecule has 2 aromatic carbocycles. The predicted octanol–water partition coefficient (Wildman–Crippen LogP) is 3.02. The number of halogens is 2. The average molecular weight is 363 g/mol. The van der Waals surface area contributed by atoms with Crippen LogP contribution in [-0.4, -0.2) is 35.7 Å². The molecule has 5 nitrogen and oxygen atoms in total. The first-order chi connectivity index (χ1) is 11.5. The number of fused-ring (bicyclic) bond motifs is 1. The maximum atomic E-state index is 12.3. The van der Waals surface area contributed by atoms with Crippen LogP contribution >= 0.6 is 23.2 Å². The average Bonchev–Trinajstić information content (AvgIpc) is 2.79. The Labute approximate surface area is 148 Å². The van der Waals surface area contributed by atoms with E-state index in [9.17, 15) is 14.4 Å². The lowest BCUT2D eigenvalue weighted by Crippen LogP contribution is -2.38. The topological polar surface area (TPSA) is 66.5 Å². The number of amides is 3. The Morgan fingerprint density at radius 1 is 0.917 bits per heavy atom. The number of benzene rings is 2. The molecule has 1 N–H and O–H groups in total. The van der Waals surface area contributed by atoms with Crippen molar-refractivity contribution in [2.45, 2.75) is 0 Å². The van der Waals surface area contributed by atoms with E-state index in [4.69, 9.17) is 23.2 Å². The molecule has 0 aromatic heterocycles. The first kappa shape index (κ1) is 16.5. The third-order valence-electron chi connectivity index (χ3n) is 3.66. The lowest BCUT2D eigenvalue weighted by atomic mass is 10.1. The molecule has 2 aromatic rings. The smallest absolute Gasteiger partial charge is 0.261 e. The van der Waals surface area contributed by atoms with Gasteiger partial charge in [0.2, 0.25) is 0 Å². The highest BCUT2D eigenvalue weighted by Crippen LogP contribution is 2.25. The highest BCUT2D eigenvalue weighted by molar-refractivity contribution is 6.32. The molecule has 0 fully saturated rings. The summed E-state index contributed by atoms with van der Waals surface area (Å²) in [4.78, 5) is 37.6. The van der Waals surface area contributed by atoms with E-state index in [1.54, 1.807) is 30.3 Å². The molecule has 0 bridgehead atoms. The van der Waals surface area contributed by atoms with Crippen molar-refractivity contribution in [3.8, 4) is 0 Å². The van der Waals surface area contributed by atoms with Crippen molar-refractivity contribution in [3.05, 3.63) is 69.2 Å². The van der Waals surface area contributed by atoms with Crippen molar-refractivity contribution in [1.82, 2.24) is 10.2 Å². The minimum atomic E-state index is -0.404. The van der Waals surface area contributed by atoms with Crippen LogP contribution in [0.5, 0.6) is 0 Å². The largest absolute Gasteiger partial charge is 0.350 e. The fraction of sp³-hybridized carbons (Fsp3) is 0.118. The molecular formula is C17H12Cl2N2O3. The van der Waals surface area contributed by atoms with Gasteiger partial charge < -0.3 is 5.32 Å². The second-order valence-electron chi connectivity index (χ2n) is 5.21. The molecule has 3 amide bonds. The molecule has 0 saturated carbocycles. The quantitative estimate of drug-likeness (QED) is 0.850. The highest BCUT2D eigenvalue weighted by Gasteiger charge is 2.35. The van der Waals surface area contributed by atoms with E-state index in [1.165, 1.54) is 12.1 Å². The van der Waals surface area contributed by atoms with E-state index in [0.717, 1.165) is 4.90 Å². The standard InChI is InChI=1S/C17H12Cl2N2O3/c18-11-3-1-10(2-4-11)15(22)20-7-8-21-16(23)13-6-5-12(19)9-14(13)17(21)24/h1-6,9H,7-8H2,(H,20,22). The van der Waals surface area contributed by atoms with Gasteiger partial charge in [0.05, 0.1) is 11.1 Å². The summed E-state index contributed by atoms with van der Waals surface area (Å²) in [5.74, 6) is -1.09. The van der Waals surface area contributed by atoms with Gasteiger partial charge in [0.25, 0.3) is 17.7 Å². The molecule has 0 atom stereocenters. The molecular weight excluding hydrogens is 351 g/mol. The zero-order valence-corrected chi connectivity index (χ0v) is 13.9. The molecule has 7 heteroatoms. The van der Waals surface area contributed by atoms with Crippen molar-refractivity contribution in [2.75, 3.05) is 13.1 Å². The molecule has 24 heavy (non-hydrogen) atoms. The third-order valence-corrected chi connectivity index (χ3v) is 4.15. The summed E-state index contributed by atoms with van der Waals surface area (Å²) in [7, 11) is 0. The third kappa shape index (κ3) is 3.13. The van der Waals surface area contributed by atoms with E-state index >= 15 is 0 Å². The van der Waals surface area contributed by atoms with Gasteiger partial charge in [-0.3, -0.25) is 19.3 Å². The van der Waals surface area contributed by atoms with Crippen molar-refractivity contribution in [1.29, 1.82) is 0 Å². The fourth-order valence-electron chi connectivity index (χ4n) is 2.45. The molecule has 0 saturated heterocycles. The Morgan fingerprint density at radius 3 is 2.25 bits per heavy atom. The second kappa shape index (κ2) is 6.63. The summed E-state index contributed by atoms with van der Waals surface area (Å²) < 4.78 is 0. The molecule has 122 valence electrons. The van der Waals surface area contributed by atoms with Gasteiger partial charge in [-0.2, -0.15) is 0 Å². The predicted molar refractivity (Wildman–Crippen MR) is 90.6 cm³/mol. The van der Waals surface area contributed by atoms with Crippen molar-refractivity contribution < 1.29 is 14.4 Å². The van der Waals surface area contributed by atoms with Crippen molar-refractivity contribution in [2.24, 2.45) is 0 Å². The Balaban J connectivity index is 1.62. The summed E-state index contributed by atoms with van der Waals surface area (Å²) in [5, 5.41) is 3.60. The van der Waals surface area contributed by atoms with Crippen LogP contribution in [0.4, 0.5) is 0 Å². The number of hydrogen-bond acceptors (Lipinski definition) is 3. The van der Waals surface area contributed by atoms with Crippen LogP contribution in [0, 0.1) is 0 Å². The first-order valence-corrected chi connectivity index (χ1v) is 7.92. The maximum Gasteiger partial charge on any atom is 0.261 e. The van der Waals surface area contributed by atoms with Crippen molar-refractivity contribution >= 4 is 40.9 Å². The van der Waals surface area contributed by atoms with Crippen LogP contribution in [0.3, 0.4) is 0 Å². The number of imide groups is 1. The number of carbonyl (C=O) groups is 3.